The number of pyridine rings is 1. The van der Waals surface area contributed by atoms with Crippen LogP contribution in [0.3, 0.4) is 0 Å². The van der Waals surface area contributed by atoms with Gasteiger partial charge in [0.1, 0.15) is 5.75 Å². The average molecular weight is 380 g/mol. The van der Waals surface area contributed by atoms with Crippen LogP contribution in [0, 0.1) is 12.8 Å². The number of fused-ring (bicyclic) bond motifs is 1. The molecule has 7 heteroatoms. The van der Waals surface area contributed by atoms with E-state index in [-0.39, 0.29) is 0 Å². The van der Waals surface area contributed by atoms with Crippen molar-refractivity contribution >= 4 is 16.6 Å². The summed E-state index contributed by atoms with van der Waals surface area (Å²) in [5.74, 6) is 1.46. The standard InChI is InChI=1S/C21H24N4O3/c1-4-14-5-7-24(12-14)15-10-16-19(22-11-15)17(9-13(2)20(16)28-3)25-8-6-18(26)23-21(25)27/h6,8-11,14H,4-5,7,12H2,1-3H3,(H,23,26,27). The van der Waals surface area contributed by atoms with E-state index >= 15 is 0 Å². The van der Waals surface area contributed by atoms with Crippen molar-refractivity contribution in [3.8, 4) is 11.4 Å². The van der Waals surface area contributed by atoms with E-state index in [9.17, 15) is 9.59 Å². The number of benzene rings is 1. The van der Waals surface area contributed by atoms with Gasteiger partial charge in [0, 0.05) is 30.7 Å². The number of aromatic amines is 1. The van der Waals surface area contributed by atoms with Crippen LogP contribution in [0.5, 0.6) is 5.75 Å². The summed E-state index contributed by atoms with van der Waals surface area (Å²) in [7, 11) is 1.64. The summed E-state index contributed by atoms with van der Waals surface area (Å²) in [5.41, 5.74) is 2.32. The molecule has 1 aliphatic heterocycles. The van der Waals surface area contributed by atoms with Gasteiger partial charge in [-0.25, -0.2) is 4.79 Å². The predicted molar refractivity (Wildman–Crippen MR) is 110 cm³/mol. The second-order valence-electron chi connectivity index (χ2n) is 7.32. The Bertz CT molecular complexity index is 1150. The number of methoxy groups -OCH3 is 1. The van der Waals surface area contributed by atoms with Crippen molar-refractivity contribution < 1.29 is 4.74 Å². The molecule has 1 aliphatic rings. The molecule has 1 saturated heterocycles. The van der Waals surface area contributed by atoms with E-state index in [2.05, 4.69) is 22.9 Å². The van der Waals surface area contributed by atoms with Crippen LogP contribution in [0.25, 0.3) is 16.6 Å². The summed E-state index contributed by atoms with van der Waals surface area (Å²) in [4.78, 5) is 33.1. The Hall–Kier alpha value is -3.09. The van der Waals surface area contributed by atoms with Crippen LogP contribution in [-0.2, 0) is 0 Å². The summed E-state index contributed by atoms with van der Waals surface area (Å²) < 4.78 is 7.06. The van der Waals surface area contributed by atoms with Crippen LogP contribution in [0.1, 0.15) is 25.3 Å². The number of hydrogen-bond acceptors (Lipinski definition) is 5. The summed E-state index contributed by atoms with van der Waals surface area (Å²) in [6.07, 6.45) is 5.70. The van der Waals surface area contributed by atoms with Crippen LogP contribution in [0.4, 0.5) is 5.69 Å². The first-order valence-electron chi connectivity index (χ1n) is 9.56. The Morgan fingerprint density at radius 3 is 2.82 bits per heavy atom. The van der Waals surface area contributed by atoms with Gasteiger partial charge < -0.3 is 9.64 Å². The second kappa shape index (κ2) is 7.14. The van der Waals surface area contributed by atoms with Crippen LogP contribution in [0.15, 0.2) is 40.2 Å². The minimum atomic E-state index is -0.491. The molecule has 0 aliphatic carbocycles. The van der Waals surface area contributed by atoms with E-state index in [1.807, 2.05) is 19.2 Å². The molecule has 1 unspecified atom stereocenters. The lowest BCUT2D eigenvalue weighted by atomic mass is 10.1. The lowest BCUT2D eigenvalue weighted by molar-refractivity contribution is 0.416. The van der Waals surface area contributed by atoms with E-state index < -0.39 is 11.2 Å². The van der Waals surface area contributed by atoms with Gasteiger partial charge in [-0.1, -0.05) is 13.3 Å². The van der Waals surface area contributed by atoms with E-state index in [4.69, 9.17) is 9.72 Å². The summed E-state index contributed by atoms with van der Waals surface area (Å²) in [6, 6.07) is 5.28. The maximum Gasteiger partial charge on any atom is 0.332 e. The number of rotatable bonds is 4. The lowest BCUT2D eigenvalue weighted by Crippen LogP contribution is -2.27. The van der Waals surface area contributed by atoms with E-state index in [1.165, 1.54) is 29.7 Å². The first-order chi connectivity index (χ1) is 13.5. The van der Waals surface area contributed by atoms with Gasteiger partial charge in [0.25, 0.3) is 5.56 Å². The smallest absolute Gasteiger partial charge is 0.332 e. The van der Waals surface area contributed by atoms with Gasteiger partial charge in [-0.05, 0) is 37.0 Å². The number of nitrogens with one attached hydrogen (secondary N) is 1. The van der Waals surface area contributed by atoms with Crippen molar-refractivity contribution in [2.75, 3.05) is 25.1 Å². The van der Waals surface area contributed by atoms with Crippen molar-refractivity contribution in [3.05, 3.63) is 57.0 Å². The molecule has 0 amide bonds. The zero-order valence-electron chi connectivity index (χ0n) is 16.4. The molecule has 0 saturated carbocycles. The molecule has 4 rings (SSSR count). The van der Waals surface area contributed by atoms with Gasteiger partial charge in [-0.15, -0.1) is 0 Å². The SMILES string of the molecule is CCC1CCN(c2cnc3c(-n4ccc(=O)[nH]c4=O)cc(C)c(OC)c3c2)C1. The normalized spacial score (nSPS) is 16.7. The van der Waals surface area contributed by atoms with Crippen molar-refractivity contribution in [1.82, 2.24) is 14.5 Å². The first-order valence-corrected chi connectivity index (χ1v) is 9.56. The van der Waals surface area contributed by atoms with Crippen molar-refractivity contribution in [2.45, 2.75) is 26.7 Å². The Morgan fingerprint density at radius 2 is 2.14 bits per heavy atom. The molecule has 0 bridgehead atoms. The summed E-state index contributed by atoms with van der Waals surface area (Å²) in [6.45, 7) is 6.22. The van der Waals surface area contributed by atoms with Crippen molar-refractivity contribution in [1.29, 1.82) is 0 Å². The molecule has 7 nitrogen and oxygen atoms in total. The molecule has 0 spiro atoms. The number of nitrogens with zero attached hydrogens (tertiary/aromatic N) is 3. The molecule has 0 radical (unpaired) electrons. The monoisotopic (exact) mass is 380 g/mol. The summed E-state index contributed by atoms with van der Waals surface area (Å²) >= 11 is 0. The number of aryl methyl sites for hydroxylation is 1. The third-order valence-corrected chi connectivity index (χ3v) is 5.59. The quantitative estimate of drug-likeness (QED) is 0.753. The Kier molecular flexibility index (Phi) is 4.66. The highest BCUT2D eigenvalue weighted by molar-refractivity contribution is 5.94. The van der Waals surface area contributed by atoms with Crippen molar-refractivity contribution in [3.63, 3.8) is 0 Å². The van der Waals surface area contributed by atoms with Gasteiger partial charge in [-0.3, -0.25) is 19.3 Å². The maximum absolute atomic E-state index is 12.3. The molecule has 2 aromatic heterocycles. The molecule has 3 heterocycles. The Balaban J connectivity index is 1.91. The lowest BCUT2D eigenvalue weighted by Gasteiger charge is -2.20. The van der Waals surface area contributed by atoms with Gasteiger partial charge in [0.2, 0.25) is 0 Å². The Morgan fingerprint density at radius 1 is 1.32 bits per heavy atom. The van der Waals surface area contributed by atoms with Crippen LogP contribution >= 0.6 is 0 Å². The molecule has 146 valence electrons. The average Bonchev–Trinajstić information content (AvgIpc) is 3.16. The van der Waals surface area contributed by atoms with E-state index in [0.717, 1.165) is 35.5 Å². The number of hydrogen-bond donors (Lipinski definition) is 1. The predicted octanol–water partition coefficient (Wildman–Crippen LogP) is 2.63. The minimum Gasteiger partial charge on any atom is -0.496 e. The van der Waals surface area contributed by atoms with E-state index in [0.29, 0.717) is 17.1 Å². The highest BCUT2D eigenvalue weighted by Gasteiger charge is 2.23. The number of ether oxygens (including phenoxy) is 1. The first kappa shape index (κ1) is 18.3. The third-order valence-electron chi connectivity index (χ3n) is 5.59. The highest BCUT2D eigenvalue weighted by Crippen LogP contribution is 2.36. The molecule has 1 N–H and O–H groups in total. The number of aromatic nitrogens is 3. The van der Waals surface area contributed by atoms with Gasteiger partial charge in [-0.2, -0.15) is 0 Å². The fourth-order valence-corrected chi connectivity index (χ4v) is 4.02. The van der Waals surface area contributed by atoms with Gasteiger partial charge in [0.05, 0.1) is 30.2 Å². The zero-order chi connectivity index (χ0) is 19.8. The largest absolute Gasteiger partial charge is 0.496 e. The molecule has 28 heavy (non-hydrogen) atoms. The maximum atomic E-state index is 12.3. The van der Waals surface area contributed by atoms with Crippen LogP contribution in [-0.4, -0.2) is 34.7 Å². The van der Waals surface area contributed by atoms with Crippen LogP contribution in [0.2, 0.25) is 0 Å². The molecule has 1 fully saturated rings. The second-order valence-corrected chi connectivity index (χ2v) is 7.32. The van der Waals surface area contributed by atoms with Gasteiger partial charge in [0.15, 0.2) is 0 Å². The molecule has 3 aromatic rings. The Labute approximate surface area is 162 Å². The van der Waals surface area contributed by atoms with Crippen LogP contribution < -0.4 is 20.9 Å². The molecular weight excluding hydrogens is 356 g/mol. The van der Waals surface area contributed by atoms with Gasteiger partial charge >= 0.3 is 5.69 Å². The topological polar surface area (TPSA) is 80.2 Å². The molecule has 1 atom stereocenters. The summed E-state index contributed by atoms with van der Waals surface area (Å²) in [5, 5.41) is 0.855. The number of H-pyrrole nitrogens is 1. The van der Waals surface area contributed by atoms with Crippen molar-refractivity contribution in [2.24, 2.45) is 5.92 Å². The molecule has 1 aromatic carbocycles. The molecular formula is C21H24N4O3. The third kappa shape index (κ3) is 3.06. The fourth-order valence-electron chi connectivity index (χ4n) is 4.02. The number of anilines is 1. The van der Waals surface area contributed by atoms with E-state index in [1.54, 1.807) is 7.11 Å². The zero-order valence-corrected chi connectivity index (χ0v) is 16.4. The highest BCUT2D eigenvalue weighted by atomic mass is 16.5. The fraction of sp³-hybridized carbons (Fsp3) is 0.381. The minimum absolute atomic E-state index is 0.425.